The maximum Gasteiger partial charge on any atom is 0.324 e. The maximum atomic E-state index is 11.5. The van der Waals surface area contributed by atoms with E-state index >= 15 is 0 Å². The Morgan fingerprint density at radius 2 is 1.88 bits per heavy atom. The van der Waals surface area contributed by atoms with Crippen LogP contribution < -0.4 is 9.44 Å². The van der Waals surface area contributed by atoms with E-state index in [-0.39, 0.29) is 0 Å². The molecule has 0 aliphatic carbocycles. The van der Waals surface area contributed by atoms with Crippen molar-refractivity contribution < 1.29 is 17.9 Å². The molecular formula is C10H22N2O4S. The second-order valence-electron chi connectivity index (χ2n) is 4.77. The van der Waals surface area contributed by atoms with Crippen molar-refractivity contribution in [2.75, 3.05) is 6.54 Å². The second-order valence-corrected chi connectivity index (χ2v) is 6.30. The van der Waals surface area contributed by atoms with E-state index < -0.39 is 27.8 Å². The Balaban J connectivity index is 4.34. The maximum absolute atomic E-state index is 11.5. The van der Waals surface area contributed by atoms with Gasteiger partial charge in [-0.3, -0.25) is 4.79 Å². The van der Waals surface area contributed by atoms with Crippen LogP contribution in [0.1, 0.15) is 41.0 Å². The molecule has 2 N–H and O–H groups in total. The largest absolute Gasteiger partial charge is 0.459 e. The van der Waals surface area contributed by atoms with E-state index in [1.54, 1.807) is 20.8 Å². The first-order chi connectivity index (χ1) is 7.57. The van der Waals surface area contributed by atoms with Crippen LogP contribution in [0, 0.1) is 0 Å². The van der Waals surface area contributed by atoms with Crippen molar-refractivity contribution in [2.24, 2.45) is 0 Å². The summed E-state index contributed by atoms with van der Waals surface area (Å²) >= 11 is 0. The third-order valence-corrected chi connectivity index (χ3v) is 2.88. The minimum Gasteiger partial charge on any atom is -0.459 e. The van der Waals surface area contributed by atoms with Gasteiger partial charge >= 0.3 is 5.97 Å². The first-order valence-electron chi connectivity index (χ1n) is 5.57. The molecule has 6 nitrogen and oxygen atoms in total. The molecular weight excluding hydrogens is 244 g/mol. The minimum absolute atomic E-state index is 0.330. The van der Waals surface area contributed by atoms with Crippen molar-refractivity contribution in [1.82, 2.24) is 9.44 Å². The molecule has 102 valence electrons. The van der Waals surface area contributed by atoms with Crippen LogP contribution in [0.2, 0.25) is 0 Å². The van der Waals surface area contributed by atoms with E-state index in [0.717, 1.165) is 0 Å². The minimum atomic E-state index is -3.64. The number of nitrogens with one attached hydrogen (secondary N) is 2. The summed E-state index contributed by atoms with van der Waals surface area (Å²) in [7, 11) is -3.64. The van der Waals surface area contributed by atoms with E-state index in [0.29, 0.717) is 13.0 Å². The predicted molar refractivity (Wildman–Crippen MR) is 65.7 cm³/mol. The Morgan fingerprint density at radius 3 is 2.29 bits per heavy atom. The highest BCUT2D eigenvalue weighted by Crippen LogP contribution is 2.08. The van der Waals surface area contributed by atoms with Crippen LogP contribution in [0.15, 0.2) is 0 Å². The summed E-state index contributed by atoms with van der Waals surface area (Å²) in [6.45, 7) is 8.79. The third-order valence-electron chi connectivity index (χ3n) is 1.63. The van der Waals surface area contributed by atoms with Crippen LogP contribution in [0.3, 0.4) is 0 Å². The Hall–Kier alpha value is -0.660. The molecule has 0 bridgehead atoms. The van der Waals surface area contributed by atoms with Gasteiger partial charge in [-0.05, 0) is 34.1 Å². The Labute approximate surface area is 103 Å². The van der Waals surface area contributed by atoms with Crippen LogP contribution >= 0.6 is 0 Å². The highest BCUT2D eigenvalue weighted by Gasteiger charge is 2.24. The fourth-order valence-corrected chi connectivity index (χ4v) is 2.07. The van der Waals surface area contributed by atoms with Crippen LogP contribution in [-0.2, 0) is 19.7 Å². The Bertz CT molecular complexity index is 346. The molecule has 0 aromatic carbocycles. The third kappa shape index (κ3) is 8.12. The smallest absolute Gasteiger partial charge is 0.324 e. The lowest BCUT2D eigenvalue weighted by Crippen LogP contribution is -2.47. The van der Waals surface area contributed by atoms with Crippen LogP contribution in [-0.4, -0.2) is 32.6 Å². The molecule has 0 radical (unpaired) electrons. The van der Waals surface area contributed by atoms with E-state index in [1.165, 1.54) is 6.92 Å². The molecule has 0 aliphatic heterocycles. The van der Waals surface area contributed by atoms with Crippen molar-refractivity contribution in [1.29, 1.82) is 0 Å². The number of carbonyl (C=O) groups is 1. The summed E-state index contributed by atoms with van der Waals surface area (Å²) in [5.41, 5.74) is -0.631. The van der Waals surface area contributed by atoms with Gasteiger partial charge in [0.2, 0.25) is 0 Å². The summed E-state index contributed by atoms with van der Waals surface area (Å²) in [5, 5.41) is 0. The normalized spacial score (nSPS) is 14.4. The molecule has 0 heterocycles. The molecule has 0 spiro atoms. The zero-order chi connectivity index (χ0) is 13.7. The van der Waals surface area contributed by atoms with Crippen molar-refractivity contribution in [2.45, 2.75) is 52.7 Å². The lowest BCUT2D eigenvalue weighted by Gasteiger charge is -2.22. The summed E-state index contributed by atoms with van der Waals surface area (Å²) in [5.74, 6) is -0.598. The molecule has 0 saturated carbocycles. The monoisotopic (exact) mass is 266 g/mol. The number of hydrogen-bond acceptors (Lipinski definition) is 4. The summed E-state index contributed by atoms with van der Waals surface area (Å²) < 4.78 is 32.4. The van der Waals surface area contributed by atoms with Crippen LogP contribution in [0.5, 0.6) is 0 Å². The lowest BCUT2D eigenvalue weighted by atomic mass is 10.2. The summed E-state index contributed by atoms with van der Waals surface area (Å²) in [6.07, 6.45) is 0.682. The van der Waals surface area contributed by atoms with E-state index in [4.69, 9.17) is 4.74 Å². The Morgan fingerprint density at radius 1 is 1.35 bits per heavy atom. The molecule has 0 amide bonds. The SMILES string of the molecule is CCCNS(=O)(=O)N[C@H](C)C(=O)OC(C)(C)C. The lowest BCUT2D eigenvalue weighted by molar-refractivity contribution is -0.156. The van der Waals surface area contributed by atoms with E-state index in [2.05, 4.69) is 9.44 Å². The van der Waals surface area contributed by atoms with Gasteiger partial charge in [0.1, 0.15) is 11.6 Å². The zero-order valence-corrected chi connectivity index (χ0v) is 11.8. The average molecular weight is 266 g/mol. The molecule has 0 fully saturated rings. The second kappa shape index (κ2) is 6.32. The molecule has 7 heteroatoms. The number of rotatable bonds is 6. The molecule has 1 atom stereocenters. The molecule has 17 heavy (non-hydrogen) atoms. The highest BCUT2D eigenvalue weighted by molar-refractivity contribution is 7.87. The first kappa shape index (κ1) is 16.3. The van der Waals surface area contributed by atoms with Crippen molar-refractivity contribution in [3.05, 3.63) is 0 Å². The van der Waals surface area contributed by atoms with Crippen LogP contribution in [0.4, 0.5) is 0 Å². The highest BCUT2D eigenvalue weighted by atomic mass is 32.2. The number of esters is 1. The van der Waals surface area contributed by atoms with Gasteiger partial charge in [-0.15, -0.1) is 0 Å². The van der Waals surface area contributed by atoms with Gasteiger partial charge < -0.3 is 4.74 Å². The molecule has 0 aromatic rings. The fraction of sp³-hybridized carbons (Fsp3) is 0.900. The predicted octanol–water partition coefficient (Wildman–Crippen LogP) is 0.551. The number of carbonyl (C=O) groups excluding carboxylic acids is 1. The molecule has 0 unspecified atom stereocenters. The van der Waals surface area contributed by atoms with E-state index in [9.17, 15) is 13.2 Å². The molecule has 0 aliphatic rings. The number of hydrogen-bond donors (Lipinski definition) is 2. The molecule has 0 rings (SSSR count). The van der Waals surface area contributed by atoms with E-state index in [1.807, 2.05) is 6.92 Å². The zero-order valence-electron chi connectivity index (χ0n) is 11.0. The van der Waals surface area contributed by atoms with Gasteiger partial charge in [-0.25, -0.2) is 4.72 Å². The van der Waals surface area contributed by atoms with Crippen molar-refractivity contribution in [3.8, 4) is 0 Å². The quantitative estimate of drug-likeness (QED) is 0.688. The number of ether oxygens (including phenoxy) is 1. The van der Waals surface area contributed by atoms with Crippen molar-refractivity contribution >= 4 is 16.2 Å². The topological polar surface area (TPSA) is 84.5 Å². The Kier molecular flexibility index (Phi) is 6.08. The average Bonchev–Trinajstić information content (AvgIpc) is 2.11. The standard InChI is InChI=1S/C10H22N2O4S/c1-6-7-11-17(14,15)12-8(2)9(13)16-10(3,4)5/h8,11-12H,6-7H2,1-5H3/t8-/m1/s1. The summed E-state index contributed by atoms with van der Waals surface area (Å²) in [4.78, 5) is 11.5. The van der Waals surface area contributed by atoms with Gasteiger partial charge in [-0.2, -0.15) is 13.1 Å². The van der Waals surface area contributed by atoms with Gasteiger partial charge in [-0.1, -0.05) is 6.92 Å². The van der Waals surface area contributed by atoms with Crippen molar-refractivity contribution in [3.63, 3.8) is 0 Å². The molecule has 0 saturated heterocycles. The fourth-order valence-electron chi connectivity index (χ4n) is 0.949. The van der Waals surface area contributed by atoms with Gasteiger partial charge in [0.15, 0.2) is 0 Å². The first-order valence-corrected chi connectivity index (χ1v) is 7.05. The van der Waals surface area contributed by atoms with Gasteiger partial charge in [0.05, 0.1) is 0 Å². The van der Waals surface area contributed by atoms with Gasteiger partial charge in [0, 0.05) is 6.54 Å². The van der Waals surface area contributed by atoms with Crippen LogP contribution in [0.25, 0.3) is 0 Å². The summed E-state index contributed by atoms with van der Waals surface area (Å²) in [6, 6.07) is -0.913. The molecule has 0 aromatic heterocycles. The van der Waals surface area contributed by atoms with Gasteiger partial charge in [0.25, 0.3) is 10.2 Å².